The van der Waals surface area contributed by atoms with Crippen LogP contribution in [-0.4, -0.2) is 29.2 Å². The van der Waals surface area contributed by atoms with Crippen molar-refractivity contribution in [1.29, 1.82) is 0 Å². The van der Waals surface area contributed by atoms with Crippen LogP contribution >= 0.6 is 0 Å². The van der Waals surface area contributed by atoms with Crippen LogP contribution in [0.1, 0.15) is 70.1 Å². The number of carbonyl (C=O) groups excluding carboxylic acids is 2. The summed E-state index contributed by atoms with van der Waals surface area (Å²) in [6, 6.07) is 19.8. The maximum Gasteiger partial charge on any atom is 0.420 e. The first-order valence-electron chi connectivity index (χ1n) is 12.1. The van der Waals surface area contributed by atoms with E-state index in [2.05, 4.69) is 39.8 Å². The van der Waals surface area contributed by atoms with E-state index < -0.39 is 23.9 Å². The highest BCUT2D eigenvalue weighted by Crippen LogP contribution is 2.51. The normalized spacial score (nSPS) is 28.5. The summed E-state index contributed by atoms with van der Waals surface area (Å²) >= 11 is 0. The van der Waals surface area contributed by atoms with E-state index in [0.717, 1.165) is 35.3 Å². The van der Waals surface area contributed by atoms with Crippen molar-refractivity contribution in [1.82, 2.24) is 4.90 Å². The highest BCUT2D eigenvalue weighted by Gasteiger charge is 2.53. The third-order valence-corrected chi connectivity index (χ3v) is 7.58. The van der Waals surface area contributed by atoms with Crippen LogP contribution in [0.5, 0.6) is 0 Å². The molecule has 1 saturated carbocycles. The molecule has 5 atom stereocenters. The molecule has 0 radical (unpaired) electrons. The van der Waals surface area contributed by atoms with Gasteiger partial charge in [-0.25, -0.2) is 14.5 Å². The van der Waals surface area contributed by atoms with Gasteiger partial charge in [-0.2, -0.15) is 0 Å². The van der Waals surface area contributed by atoms with Crippen molar-refractivity contribution in [3.8, 4) is 0 Å². The first-order chi connectivity index (χ1) is 15.8. The fourth-order valence-corrected chi connectivity index (χ4v) is 5.80. The van der Waals surface area contributed by atoms with Gasteiger partial charge in [0.05, 0.1) is 6.54 Å². The quantitative estimate of drug-likeness (QED) is 0.495. The Morgan fingerprint density at radius 2 is 1.67 bits per heavy atom. The number of hydrogen-bond donors (Lipinski definition) is 0. The Kier molecular flexibility index (Phi) is 6.78. The fraction of sp³-hybridized carbons (Fsp3) is 0.500. The number of benzene rings is 2. The Bertz CT molecular complexity index is 960. The number of rotatable bonds is 5. The number of amides is 2. The molecule has 4 rings (SSSR count). The minimum absolute atomic E-state index is 0.00124. The molecule has 33 heavy (non-hydrogen) atoms. The molecule has 0 aromatic heterocycles. The van der Waals surface area contributed by atoms with Gasteiger partial charge in [0.2, 0.25) is 0 Å². The van der Waals surface area contributed by atoms with Gasteiger partial charge >= 0.3 is 12.2 Å². The largest absolute Gasteiger partial charge is 0.441 e. The van der Waals surface area contributed by atoms with Crippen LogP contribution in [0.2, 0.25) is 0 Å². The number of carbonyl (C=O) groups is 2. The molecule has 2 amide bonds. The first-order valence-corrected chi connectivity index (χ1v) is 12.1. The van der Waals surface area contributed by atoms with Crippen molar-refractivity contribution in [2.75, 3.05) is 6.54 Å². The maximum absolute atomic E-state index is 13.5. The number of hydrogen-bond acceptors (Lipinski definition) is 4. The zero-order valence-electron chi connectivity index (χ0n) is 20.1. The molecular formula is C28H35NO4. The molecule has 0 spiro atoms. The van der Waals surface area contributed by atoms with Crippen LogP contribution < -0.4 is 0 Å². The maximum atomic E-state index is 13.5. The minimum atomic E-state index is -0.685. The second-order valence-corrected chi connectivity index (χ2v) is 10.1. The van der Waals surface area contributed by atoms with Gasteiger partial charge < -0.3 is 9.47 Å². The zero-order chi connectivity index (χ0) is 23.6. The van der Waals surface area contributed by atoms with Crippen molar-refractivity contribution in [2.45, 2.75) is 64.6 Å². The number of ether oxygens (including phenoxy) is 2. The summed E-state index contributed by atoms with van der Waals surface area (Å²) in [7, 11) is 0. The summed E-state index contributed by atoms with van der Waals surface area (Å²) in [5, 5.41) is 0. The van der Waals surface area contributed by atoms with Crippen LogP contribution in [0.3, 0.4) is 0 Å². The lowest BCUT2D eigenvalue weighted by Crippen LogP contribution is -2.54. The van der Waals surface area contributed by atoms with Crippen molar-refractivity contribution >= 4 is 12.2 Å². The predicted molar refractivity (Wildman–Crippen MR) is 128 cm³/mol. The highest BCUT2D eigenvalue weighted by molar-refractivity contribution is 5.89. The molecule has 5 heteroatoms. The molecule has 1 aliphatic carbocycles. The van der Waals surface area contributed by atoms with Crippen molar-refractivity contribution in [3.05, 3.63) is 71.8 Å². The van der Waals surface area contributed by atoms with Gasteiger partial charge in [0.25, 0.3) is 0 Å². The van der Waals surface area contributed by atoms with Crippen molar-refractivity contribution < 1.29 is 19.1 Å². The van der Waals surface area contributed by atoms with Crippen LogP contribution in [-0.2, 0) is 9.47 Å². The third-order valence-electron chi connectivity index (χ3n) is 7.58. The second kappa shape index (κ2) is 9.58. The number of cyclic esters (lactones) is 1. The van der Waals surface area contributed by atoms with E-state index >= 15 is 0 Å². The summed E-state index contributed by atoms with van der Waals surface area (Å²) in [5.41, 5.74) is 1.34. The molecule has 1 heterocycles. The van der Waals surface area contributed by atoms with Gasteiger partial charge in [0.1, 0.15) is 11.7 Å². The lowest BCUT2D eigenvalue weighted by atomic mass is 9.61. The van der Waals surface area contributed by atoms with E-state index in [9.17, 15) is 9.59 Å². The average molecular weight is 450 g/mol. The Balaban J connectivity index is 1.64. The van der Waals surface area contributed by atoms with E-state index in [1.165, 1.54) is 0 Å². The monoisotopic (exact) mass is 449 g/mol. The average Bonchev–Trinajstić information content (AvgIpc) is 3.21. The van der Waals surface area contributed by atoms with Gasteiger partial charge in [-0.1, -0.05) is 94.8 Å². The molecule has 0 N–H and O–H groups in total. The van der Waals surface area contributed by atoms with E-state index in [-0.39, 0.29) is 18.4 Å². The summed E-state index contributed by atoms with van der Waals surface area (Å²) < 4.78 is 12.0. The molecule has 4 unspecified atom stereocenters. The van der Waals surface area contributed by atoms with E-state index in [1.54, 1.807) is 0 Å². The molecule has 176 valence electrons. The molecule has 0 bridgehead atoms. The molecule has 1 saturated heterocycles. The van der Waals surface area contributed by atoms with Crippen LogP contribution in [0.4, 0.5) is 9.59 Å². The molecule has 5 nitrogen and oxygen atoms in total. The van der Waals surface area contributed by atoms with E-state index in [4.69, 9.17) is 9.47 Å². The first kappa shape index (κ1) is 23.3. The van der Waals surface area contributed by atoms with Crippen LogP contribution in [0, 0.1) is 17.8 Å². The van der Waals surface area contributed by atoms with Gasteiger partial charge in [-0.15, -0.1) is 0 Å². The standard InChI is InChI=1S/C28H35NO4/c1-19(2)24-16-15-20(3)17-28(24,21(4)22-11-7-5-8-12-22)33-27(31)29-18-25(32-26(29)30)23-13-9-6-10-14-23/h5-14,19-21,24-25H,15-18H2,1-4H3/t20?,21-,24?,25?,28?/m0/s1. The Labute approximate surface area is 197 Å². The van der Waals surface area contributed by atoms with E-state index in [1.807, 2.05) is 48.5 Å². The lowest BCUT2D eigenvalue weighted by molar-refractivity contribution is -0.108. The summed E-state index contributed by atoms with van der Waals surface area (Å²) in [5.74, 6) is 0.985. The Hall–Kier alpha value is -2.82. The number of nitrogens with zero attached hydrogens (tertiary/aromatic N) is 1. The van der Waals surface area contributed by atoms with Crippen LogP contribution in [0.25, 0.3) is 0 Å². The van der Waals surface area contributed by atoms with Crippen molar-refractivity contribution in [3.63, 3.8) is 0 Å². The van der Waals surface area contributed by atoms with Gasteiger partial charge in [-0.05, 0) is 35.8 Å². The molecular weight excluding hydrogens is 414 g/mol. The highest BCUT2D eigenvalue weighted by atomic mass is 16.6. The molecule has 2 aliphatic rings. The van der Waals surface area contributed by atoms with E-state index in [0.29, 0.717) is 11.8 Å². The molecule has 1 aliphatic heterocycles. The molecule has 2 aromatic rings. The fourth-order valence-electron chi connectivity index (χ4n) is 5.80. The topological polar surface area (TPSA) is 55.8 Å². The molecule has 2 aromatic carbocycles. The lowest BCUT2D eigenvalue weighted by Gasteiger charge is -2.51. The summed E-state index contributed by atoms with van der Waals surface area (Å²) in [6.45, 7) is 8.96. The van der Waals surface area contributed by atoms with Gasteiger partial charge in [0.15, 0.2) is 0 Å². The van der Waals surface area contributed by atoms with Gasteiger partial charge in [0, 0.05) is 11.8 Å². The SMILES string of the molecule is CC1CCC(C(C)C)C(OC(=O)N2CC(c3ccccc3)OC2=O)([C@@H](C)c2ccccc2)C1. The third kappa shape index (κ3) is 4.64. The second-order valence-electron chi connectivity index (χ2n) is 10.1. The Morgan fingerprint density at radius 1 is 1.03 bits per heavy atom. The van der Waals surface area contributed by atoms with Gasteiger partial charge in [-0.3, -0.25) is 0 Å². The molecule has 2 fully saturated rings. The summed E-state index contributed by atoms with van der Waals surface area (Å²) in [6.07, 6.45) is 1.19. The van der Waals surface area contributed by atoms with Crippen LogP contribution in [0.15, 0.2) is 60.7 Å². The number of imide groups is 1. The smallest absolute Gasteiger partial charge is 0.420 e. The zero-order valence-corrected chi connectivity index (χ0v) is 20.1. The predicted octanol–water partition coefficient (Wildman–Crippen LogP) is 6.95. The minimum Gasteiger partial charge on any atom is -0.441 e. The van der Waals surface area contributed by atoms with Crippen molar-refractivity contribution in [2.24, 2.45) is 17.8 Å². The summed E-state index contributed by atoms with van der Waals surface area (Å²) in [4.78, 5) is 27.3. The Morgan fingerprint density at radius 3 is 2.30 bits per heavy atom.